The molecule has 1 N–H and O–H groups in total. The summed E-state index contributed by atoms with van der Waals surface area (Å²) in [4.78, 5) is 14.2. The third-order valence-electron chi connectivity index (χ3n) is 3.71. The fraction of sp³-hybridized carbons (Fsp3) is 0.222. The molecule has 8 heteroatoms. The lowest BCUT2D eigenvalue weighted by Gasteiger charge is -2.12. The molecule has 1 aliphatic rings. The molecule has 1 aliphatic heterocycles. The van der Waals surface area contributed by atoms with Crippen LogP contribution in [0.3, 0.4) is 0 Å². The van der Waals surface area contributed by atoms with E-state index in [1.54, 1.807) is 36.4 Å². The summed E-state index contributed by atoms with van der Waals surface area (Å²) in [6, 6.07) is 10.2. The molecule has 0 saturated carbocycles. The molecule has 0 aromatic heterocycles. The van der Waals surface area contributed by atoms with Crippen LogP contribution in [0.25, 0.3) is 4.85 Å². The van der Waals surface area contributed by atoms with Crippen LogP contribution < -0.4 is 14.9 Å². The van der Waals surface area contributed by atoms with Gasteiger partial charge in [-0.3, -0.25) is 4.79 Å². The number of carbonyl (C=O) groups excluding carboxylic acids is 1. The molecule has 2 aromatic carbocycles. The Balaban J connectivity index is 1.71. The molecule has 1 heterocycles. The zero-order valence-electron chi connectivity index (χ0n) is 14.1. The van der Waals surface area contributed by atoms with E-state index >= 15 is 0 Å². The van der Waals surface area contributed by atoms with Crippen molar-refractivity contribution >= 4 is 24.2 Å². The molecule has 0 bridgehead atoms. The minimum Gasteiger partial charge on any atom is -0.501 e. The van der Waals surface area contributed by atoms with Gasteiger partial charge in [-0.2, -0.15) is 0 Å². The minimum absolute atomic E-state index is 0.102. The van der Waals surface area contributed by atoms with Crippen molar-refractivity contribution in [3.63, 3.8) is 0 Å². The zero-order valence-corrected chi connectivity index (χ0v) is 14.1. The van der Waals surface area contributed by atoms with Crippen molar-refractivity contribution in [1.82, 2.24) is 0 Å². The molecular weight excluding hydrogens is 337 g/mol. The number of nitrogens with zero attached hydrogens (tertiary/aromatic N) is 1. The van der Waals surface area contributed by atoms with E-state index in [4.69, 9.17) is 25.4 Å². The van der Waals surface area contributed by atoms with Gasteiger partial charge < -0.3 is 23.9 Å². The number of ether oxygens (including phenoxy) is 3. The van der Waals surface area contributed by atoms with E-state index in [0.717, 1.165) is 11.0 Å². The number of hydrogen-bond acceptors (Lipinski definition) is 6. The van der Waals surface area contributed by atoms with Gasteiger partial charge in [-0.15, -0.1) is 0 Å². The molecule has 0 unspecified atom stereocenters. The molecule has 0 spiro atoms. The lowest BCUT2D eigenvalue weighted by molar-refractivity contribution is -0.141. The second-order valence-electron chi connectivity index (χ2n) is 5.56. The number of hydrogen-bond donors (Lipinski definition) is 1. The summed E-state index contributed by atoms with van der Waals surface area (Å²) in [5.41, 5.74) is 1.94. The second-order valence-corrected chi connectivity index (χ2v) is 5.56. The molecule has 0 aliphatic carbocycles. The van der Waals surface area contributed by atoms with Crippen LogP contribution in [0.15, 0.2) is 36.4 Å². The molecule has 7 nitrogen and oxygen atoms in total. The van der Waals surface area contributed by atoms with Crippen molar-refractivity contribution in [3.05, 3.63) is 53.4 Å². The average Bonchev–Trinajstić information content (AvgIpc) is 2.99. The third kappa shape index (κ3) is 4.14. The van der Waals surface area contributed by atoms with Crippen molar-refractivity contribution in [2.45, 2.75) is 13.5 Å². The number of rotatable bonds is 6. The molecule has 132 valence electrons. The maximum Gasteiger partial charge on any atom is 0.491 e. The van der Waals surface area contributed by atoms with Crippen LogP contribution in [0.2, 0.25) is 0 Å². The van der Waals surface area contributed by atoms with Crippen molar-refractivity contribution < 1.29 is 28.7 Å². The Morgan fingerprint density at radius 1 is 1.27 bits per heavy atom. The Hall–Kier alpha value is -3.02. The molecule has 26 heavy (non-hydrogen) atoms. The van der Waals surface area contributed by atoms with Gasteiger partial charge >= 0.3 is 13.1 Å². The summed E-state index contributed by atoms with van der Waals surface area (Å²) in [6.45, 7) is 9.10. The first-order valence-corrected chi connectivity index (χ1v) is 7.95. The Labute approximate surface area is 151 Å². The summed E-state index contributed by atoms with van der Waals surface area (Å²) < 4.78 is 21.3. The topological polar surface area (TPSA) is 78.6 Å². The fourth-order valence-corrected chi connectivity index (χ4v) is 2.51. The summed E-state index contributed by atoms with van der Waals surface area (Å²) in [7, 11) is -0.894. The predicted molar refractivity (Wildman–Crippen MR) is 93.7 cm³/mol. The number of fused-ring (bicyclic) bond motifs is 1. The van der Waals surface area contributed by atoms with E-state index in [0.29, 0.717) is 29.5 Å². The van der Waals surface area contributed by atoms with E-state index < -0.39 is 7.12 Å². The Bertz CT molecular complexity index is 863. The second kappa shape index (κ2) is 7.91. The van der Waals surface area contributed by atoms with Crippen molar-refractivity contribution in [2.24, 2.45) is 0 Å². The first-order chi connectivity index (χ1) is 12.6. The molecule has 0 amide bonds. The molecule has 0 atom stereocenters. The monoisotopic (exact) mass is 353 g/mol. The van der Waals surface area contributed by atoms with Crippen molar-refractivity contribution in [1.29, 1.82) is 0 Å². The number of carbonyl (C=O) groups is 1. The Morgan fingerprint density at radius 2 is 2.04 bits per heavy atom. The van der Waals surface area contributed by atoms with Crippen LogP contribution in [0.1, 0.15) is 12.5 Å². The van der Waals surface area contributed by atoms with Gasteiger partial charge in [0.25, 0.3) is 0 Å². The van der Waals surface area contributed by atoms with Crippen molar-refractivity contribution in [3.8, 4) is 17.2 Å². The lowest BCUT2D eigenvalue weighted by atomic mass is 9.80. The summed E-state index contributed by atoms with van der Waals surface area (Å²) in [6.07, 6.45) is 0. The first-order valence-electron chi connectivity index (χ1n) is 7.95. The maximum absolute atomic E-state index is 10.8. The molecule has 0 radical (unpaired) electrons. The third-order valence-corrected chi connectivity index (χ3v) is 3.71. The molecule has 0 saturated heterocycles. The van der Waals surface area contributed by atoms with Crippen LogP contribution in [-0.4, -0.2) is 31.3 Å². The number of benzene rings is 2. The van der Waals surface area contributed by atoms with Gasteiger partial charge in [-0.05, 0) is 35.3 Å². The Kier molecular flexibility index (Phi) is 5.41. The predicted octanol–water partition coefficient (Wildman–Crippen LogP) is 2.19. The Morgan fingerprint density at radius 3 is 2.81 bits per heavy atom. The first kappa shape index (κ1) is 17.8. The normalized spacial score (nSPS) is 12.3. The smallest absolute Gasteiger partial charge is 0.491 e. The van der Waals surface area contributed by atoms with Crippen LogP contribution in [0, 0.1) is 6.57 Å². The zero-order chi connectivity index (χ0) is 18.5. The summed E-state index contributed by atoms with van der Waals surface area (Å²) in [5.74, 6) is 1.05. The lowest BCUT2D eigenvalue weighted by Crippen LogP contribution is -2.27. The highest BCUT2D eigenvalue weighted by molar-refractivity contribution is 6.61. The highest BCUT2D eigenvalue weighted by Gasteiger charge is 2.27. The molecular formula is C18H16BNO6. The molecule has 3 rings (SSSR count). The van der Waals surface area contributed by atoms with Crippen molar-refractivity contribution in [2.75, 3.05) is 13.2 Å². The standard InChI is InChI=1S/C18H16BNO6/c1-12(21)23-7-8-24-18-10-15(4-6-17(18)20-2)26-14-3-5-16-13(9-14)11-25-19(16)22/h3-6,9-10,22H,7-8,11H2,1H3. The highest BCUT2D eigenvalue weighted by atomic mass is 16.6. The maximum atomic E-state index is 10.8. The van der Waals surface area contributed by atoms with Gasteiger partial charge in [0.15, 0.2) is 0 Å². The van der Waals surface area contributed by atoms with Crippen LogP contribution >= 0.6 is 0 Å². The minimum atomic E-state index is -0.894. The van der Waals surface area contributed by atoms with E-state index in [-0.39, 0.29) is 19.2 Å². The van der Waals surface area contributed by atoms with Gasteiger partial charge in [0.2, 0.25) is 5.69 Å². The van der Waals surface area contributed by atoms with Crippen LogP contribution in [0.5, 0.6) is 17.2 Å². The van der Waals surface area contributed by atoms with E-state index in [2.05, 4.69) is 4.85 Å². The van der Waals surface area contributed by atoms with Gasteiger partial charge in [0, 0.05) is 13.0 Å². The molecule has 0 fully saturated rings. The van der Waals surface area contributed by atoms with E-state index in [1.165, 1.54) is 6.92 Å². The highest BCUT2D eigenvalue weighted by Crippen LogP contribution is 2.34. The van der Waals surface area contributed by atoms with Gasteiger partial charge in [0.05, 0.1) is 13.2 Å². The van der Waals surface area contributed by atoms with Crippen LogP contribution in [0.4, 0.5) is 5.69 Å². The van der Waals surface area contributed by atoms with E-state index in [1.807, 2.05) is 0 Å². The fourth-order valence-electron chi connectivity index (χ4n) is 2.51. The average molecular weight is 353 g/mol. The van der Waals surface area contributed by atoms with Gasteiger partial charge in [0.1, 0.15) is 30.5 Å². The van der Waals surface area contributed by atoms with Gasteiger partial charge in [-0.1, -0.05) is 6.07 Å². The summed E-state index contributed by atoms with van der Waals surface area (Å²) >= 11 is 0. The number of esters is 1. The largest absolute Gasteiger partial charge is 0.501 e. The quantitative estimate of drug-likeness (QED) is 0.371. The van der Waals surface area contributed by atoms with Crippen LogP contribution in [-0.2, 0) is 20.8 Å². The molecule has 2 aromatic rings. The SMILES string of the molecule is [C-]#[N+]c1ccc(Oc2ccc3c(c2)COB3O)cc1OCCOC(C)=O. The van der Waals surface area contributed by atoms with Gasteiger partial charge in [-0.25, -0.2) is 4.85 Å². The van der Waals surface area contributed by atoms with E-state index in [9.17, 15) is 9.82 Å². The summed E-state index contributed by atoms with van der Waals surface area (Å²) in [5, 5.41) is 9.65.